The molecule has 0 aliphatic heterocycles. The van der Waals surface area contributed by atoms with Crippen molar-refractivity contribution in [3.63, 3.8) is 0 Å². The van der Waals surface area contributed by atoms with Crippen LogP contribution in [0.25, 0.3) is 0 Å². The molecule has 0 unspecified atom stereocenters. The average molecular weight is 352 g/mol. The number of rotatable bonds is 4. The average Bonchev–Trinajstić information content (AvgIpc) is 3.15. The molecule has 1 amide bonds. The first-order valence-electron chi connectivity index (χ1n) is 6.43. The number of carbonyl (C=O) groups excluding carboxylic acids is 1. The molecule has 0 aliphatic carbocycles. The van der Waals surface area contributed by atoms with Crippen LogP contribution >= 0.6 is 34.5 Å². The van der Waals surface area contributed by atoms with Crippen LogP contribution in [-0.2, 0) is 6.54 Å². The topological polar surface area (TPSA) is 46.9 Å². The van der Waals surface area contributed by atoms with Gasteiger partial charge in [-0.25, -0.2) is 0 Å². The van der Waals surface area contributed by atoms with Gasteiger partial charge in [0, 0.05) is 6.20 Å². The van der Waals surface area contributed by atoms with Crippen molar-refractivity contribution in [2.75, 3.05) is 5.32 Å². The van der Waals surface area contributed by atoms with E-state index >= 15 is 0 Å². The van der Waals surface area contributed by atoms with E-state index in [1.54, 1.807) is 35.3 Å². The van der Waals surface area contributed by atoms with E-state index < -0.39 is 0 Å². The molecule has 0 fully saturated rings. The highest BCUT2D eigenvalue weighted by Gasteiger charge is 2.08. The zero-order valence-electron chi connectivity index (χ0n) is 11.3. The van der Waals surface area contributed by atoms with Crippen LogP contribution in [0, 0.1) is 0 Å². The van der Waals surface area contributed by atoms with Crippen LogP contribution in [0.5, 0.6) is 0 Å². The number of nitrogens with zero attached hydrogens (tertiary/aromatic N) is 2. The predicted octanol–water partition coefficient (Wildman–Crippen LogP) is 4.55. The number of thiophene rings is 1. The summed E-state index contributed by atoms with van der Waals surface area (Å²) in [7, 11) is 0. The molecule has 3 rings (SSSR count). The first-order valence-corrected chi connectivity index (χ1v) is 8.06. The van der Waals surface area contributed by atoms with Gasteiger partial charge in [-0.05, 0) is 29.1 Å². The van der Waals surface area contributed by atoms with E-state index in [0.717, 1.165) is 5.56 Å². The Morgan fingerprint density at radius 2 is 2.14 bits per heavy atom. The summed E-state index contributed by atoms with van der Waals surface area (Å²) in [6, 6.07) is 9.06. The minimum absolute atomic E-state index is 0.135. The van der Waals surface area contributed by atoms with Gasteiger partial charge in [0.1, 0.15) is 0 Å². The van der Waals surface area contributed by atoms with Crippen LogP contribution in [0.1, 0.15) is 15.2 Å². The monoisotopic (exact) mass is 351 g/mol. The van der Waals surface area contributed by atoms with E-state index in [1.165, 1.54) is 11.3 Å². The number of anilines is 1. The Morgan fingerprint density at radius 3 is 2.86 bits per heavy atom. The highest BCUT2D eigenvalue weighted by Crippen LogP contribution is 2.23. The smallest absolute Gasteiger partial charge is 0.265 e. The number of benzene rings is 1. The van der Waals surface area contributed by atoms with Gasteiger partial charge >= 0.3 is 0 Å². The standard InChI is InChI=1S/C15H11Cl2N3OS/c16-12-4-3-10(6-13(12)17)8-20-9-11(7-18-20)19-15(21)14-2-1-5-22-14/h1-7,9H,8H2,(H,19,21). The third kappa shape index (κ3) is 3.50. The number of hydrogen-bond acceptors (Lipinski definition) is 3. The van der Waals surface area contributed by atoms with E-state index in [1.807, 2.05) is 17.5 Å². The van der Waals surface area contributed by atoms with Crippen molar-refractivity contribution < 1.29 is 4.79 Å². The fourth-order valence-corrected chi connectivity index (χ4v) is 2.88. The molecule has 4 nitrogen and oxygen atoms in total. The van der Waals surface area contributed by atoms with E-state index in [2.05, 4.69) is 10.4 Å². The van der Waals surface area contributed by atoms with Crippen molar-refractivity contribution in [2.24, 2.45) is 0 Å². The highest BCUT2D eigenvalue weighted by atomic mass is 35.5. The summed E-state index contributed by atoms with van der Waals surface area (Å²) in [4.78, 5) is 12.6. The molecule has 0 saturated carbocycles. The largest absolute Gasteiger partial charge is 0.319 e. The molecule has 2 aromatic heterocycles. The molecular formula is C15H11Cl2N3OS. The zero-order chi connectivity index (χ0) is 15.5. The summed E-state index contributed by atoms with van der Waals surface area (Å²) in [5.74, 6) is -0.135. The molecule has 2 heterocycles. The first kappa shape index (κ1) is 15.1. The van der Waals surface area contributed by atoms with Crippen LogP contribution in [0.2, 0.25) is 10.0 Å². The molecule has 3 aromatic rings. The highest BCUT2D eigenvalue weighted by molar-refractivity contribution is 7.12. The number of hydrogen-bond donors (Lipinski definition) is 1. The lowest BCUT2D eigenvalue weighted by molar-refractivity contribution is 0.103. The lowest BCUT2D eigenvalue weighted by Crippen LogP contribution is -2.09. The Hall–Kier alpha value is -1.82. The van der Waals surface area contributed by atoms with Crippen molar-refractivity contribution in [1.29, 1.82) is 0 Å². The van der Waals surface area contributed by atoms with Crippen LogP contribution in [-0.4, -0.2) is 15.7 Å². The van der Waals surface area contributed by atoms with Gasteiger partial charge in [-0.15, -0.1) is 11.3 Å². The molecule has 0 aliphatic rings. The van der Waals surface area contributed by atoms with Crippen LogP contribution in [0.3, 0.4) is 0 Å². The molecule has 0 spiro atoms. The fourth-order valence-electron chi connectivity index (χ4n) is 1.94. The summed E-state index contributed by atoms with van der Waals surface area (Å²) in [6.07, 6.45) is 3.39. The van der Waals surface area contributed by atoms with E-state index in [0.29, 0.717) is 27.2 Å². The van der Waals surface area contributed by atoms with Gasteiger partial charge in [0.25, 0.3) is 5.91 Å². The van der Waals surface area contributed by atoms with Crippen molar-refractivity contribution >= 4 is 46.1 Å². The Morgan fingerprint density at radius 1 is 1.27 bits per heavy atom. The molecule has 0 atom stereocenters. The van der Waals surface area contributed by atoms with Crippen LogP contribution < -0.4 is 5.32 Å². The van der Waals surface area contributed by atoms with Gasteiger partial charge in [-0.2, -0.15) is 5.10 Å². The zero-order valence-corrected chi connectivity index (χ0v) is 13.6. The Labute approximate surface area is 141 Å². The maximum atomic E-state index is 12.0. The molecule has 0 bridgehead atoms. The second-order valence-corrected chi connectivity index (χ2v) is 6.37. The maximum Gasteiger partial charge on any atom is 0.265 e. The first-order chi connectivity index (χ1) is 10.6. The van der Waals surface area contributed by atoms with Crippen molar-refractivity contribution in [3.8, 4) is 0 Å². The van der Waals surface area contributed by atoms with E-state index in [4.69, 9.17) is 23.2 Å². The predicted molar refractivity (Wildman–Crippen MR) is 90.1 cm³/mol. The van der Waals surface area contributed by atoms with Gasteiger partial charge < -0.3 is 5.32 Å². The second kappa shape index (κ2) is 6.52. The summed E-state index contributed by atoms with van der Waals surface area (Å²) in [5.41, 5.74) is 1.63. The minimum Gasteiger partial charge on any atom is -0.319 e. The van der Waals surface area contributed by atoms with Crippen molar-refractivity contribution in [2.45, 2.75) is 6.54 Å². The van der Waals surface area contributed by atoms with Crippen LogP contribution in [0.15, 0.2) is 48.1 Å². The molecule has 0 saturated heterocycles. The van der Waals surface area contributed by atoms with Crippen molar-refractivity contribution in [1.82, 2.24) is 9.78 Å². The number of aromatic nitrogens is 2. The normalized spacial score (nSPS) is 10.6. The second-order valence-electron chi connectivity index (χ2n) is 4.61. The number of nitrogens with one attached hydrogen (secondary N) is 1. The minimum atomic E-state index is -0.135. The molecular weight excluding hydrogens is 341 g/mol. The maximum absolute atomic E-state index is 12.0. The third-order valence-corrected chi connectivity index (χ3v) is 4.57. The number of halogens is 2. The molecule has 7 heteroatoms. The quantitative estimate of drug-likeness (QED) is 0.749. The third-order valence-electron chi connectivity index (χ3n) is 2.96. The summed E-state index contributed by atoms with van der Waals surface area (Å²) in [5, 5.41) is 9.94. The summed E-state index contributed by atoms with van der Waals surface area (Å²) in [6.45, 7) is 0.547. The van der Waals surface area contributed by atoms with Gasteiger partial charge in [-0.1, -0.05) is 35.3 Å². The van der Waals surface area contributed by atoms with Gasteiger partial charge in [0.15, 0.2) is 0 Å². The Bertz CT molecular complexity index is 799. The molecule has 1 N–H and O–H groups in total. The lowest BCUT2D eigenvalue weighted by atomic mass is 10.2. The van der Waals surface area contributed by atoms with Crippen molar-refractivity contribution in [3.05, 3.63) is 68.6 Å². The number of carbonyl (C=O) groups is 1. The SMILES string of the molecule is O=C(Nc1cnn(Cc2ccc(Cl)c(Cl)c2)c1)c1cccs1. The van der Waals surface area contributed by atoms with Gasteiger partial charge in [0.05, 0.1) is 33.4 Å². The molecule has 1 aromatic carbocycles. The fraction of sp³-hybridized carbons (Fsp3) is 0.0667. The molecule has 0 radical (unpaired) electrons. The molecule has 112 valence electrons. The van der Waals surface area contributed by atoms with Gasteiger partial charge in [0.2, 0.25) is 0 Å². The summed E-state index contributed by atoms with van der Waals surface area (Å²) >= 11 is 13.3. The van der Waals surface area contributed by atoms with Gasteiger partial charge in [-0.3, -0.25) is 9.48 Å². The lowest BCUT2D eigenvalue weighted by Gasteiger charge is -2.03. The molecule has 22 heavy (non-hydrogen) atoms. The summed E-state index contributed by atoms with van der Waals surface area (Å²) < 4.78 is 1.73. The number of amides is 1. The Balaban J connectivity index is 1.68. The van der Waals surface area contributed by atoms with E-state index in [9.17, 15) is 4.79 Å². The van der Waals surface area contributed by atoms with E-state index in [-0.39, 0.29) is 5.91 Å². The Kier molecular flexibility index (Phi) is 4.47. The van der Waals surface area contributed by atoms with Crippen LogP contribution in [0.4, 0.5) is 5.69 Å².